The Labute approximate surface area is 461 Å². The Morgan fingerprint density at radius 2 is 1.13 bits per heavy atom. The zero-order chi connectivity index (χ0) is 56.4. The molecular formula is C62H80Cl2F4N8. The van der Waals surface area contributed by atoms with Gasteiger partial charge in [0.15, 0.2) is 0 Å². The van der Waals surface area contributed by atoms with Crippen LogP contribution in [0.15, 0.2) is 139 Å². The van der Waals surface area contributed by atoms with Gasteiger partial charge in [-0.05, 0) is 165 Å². The number of halogens is 6. The summed E-state index contributed by atoms with van der Waals surface area (Å²) in [5, 5.41) is 7.72. The molecule has 0 amide bonds. The van der Waals surface area contributed by atoms with Crippen LogP contribution in [0.25, 0.3) is 0 Å². The summed E-state index contributed by atoms with van der Waals surface area (Å²) in [6.45, 7) is 24.5. The molecule has 410 valence electrons. The van der Waals surface area contributed by atoms with Crippen LogP contribution in [0.3, 0.4) is 0 Å². The highest BCUT2D eigenvalue weighted by atomic mass is 35.5. The number of hydrogen-bond donors (Lipinski definition) is 1. The molecule has 5 heterocycles. The van der Waals surface area contributed by atoms with E-state index in [2.05, 4.69) is 67.0 Å². The lowest BCUT2D eigenvalue weighted by Gasteiger charge is -2.28. The second-order valence-corrected chi connectivity index (χ2v) is 19.8. The molecule has 14 heteroatoms. The van der Waals surface area contributed by atoms with Crippen molar-refractivity contribution >= 4 is 28.9 Å². The second-order valence-electron chi connectivity index (χ2n) is 19.0. The molecule has 0 radical (unpaired) electrons. The molecule has 3 aliphatic rings. The van der Waals surface area contributed by atoms with Gasteiger partial charge in [0, 0.05) is 74.2 Å². The van der Waals surface area contributed by atoms with Crippen molar-refractivity contribution in [3.05, 3.63) is 224 Å². The van der Waals surface area contributed by atoms with Gasteiger partial charge in [-0.2, -0.15) is 5.10 Å². The first-order valence-corrected chi connectivity index (χ1v) is 26.4. The molecule has 1 aliphatic carbocycles. The minimum Gasteiger partial charge on any atom is -0.304 e. The summed E-state index contributed by atoms with van der Waals surface area (Å²) in [5.41, 5.74) is 9.01. The van der Waals surface area contributed by atoms with Gasteiger partial charge in [-0.15, -0.1) is 0 Å². The number of aryl methyl sites for hydroxylation is 9. The van der Waals surface area contributed by atoms with Crippen molar-refractivity contribution in [2.75, 3.05) is 40.3 Å². The number of nitrogens with zero attached hydrogens (tertiary/aromatic N) is 7. The summed E-state index contributed by atoms with van der Waals surface area (Å²) in [5.74, 6) is 1.32. The van der Waals surface area contributed by atoms with Crippen LogP contribution in [0, 0.1) is 91.5 Å². The van der Waals surface area contributed by atoms with Crippen LogP contribution in [0.2, 0.25) is 10.0 Å². The maximum absolute atomic E-state index is 12.9. The molecule has 10 rings (SSSR count). The first-order valence-electron chi connectivity index (χ1n) is 25.6. The number of aromatic amines is 1. The van der Waals surface area contributed by atoms with Gasteiger partial charge < -0.3 is 9.80 Å². The number of nitrogens with one attached hydrogen (secondary N) is 1. The lowest BCUT2D eigenvalue weighted by atomic mass is 9.91. The summed E-state index contributed by atoms with van der Waals surface area (Å²) in [7, 11) is 4.35. The largest absolute Gasteiger partial charge is 0.304 e. The number of aromatic nitrogens is 5. The van der Waals surface area contributed by atoms with Gasteiger partial charge in [-0.25, -0.2) is 22.5 Å². The normalized spacial score (nSPS) is 13.5. The van der Waals surface area contributed by atoms with Gasteiger partial charge >= 0.3 is 0 Å². The molecule has 7 aromatic rings. The average Bonchev–Trinajstić information content (AvgIpc) is 4.08. The van der Waals surface area contributed by atoms with E-state index in [1.165, 1.54) is 94.2 Å². The van der Waals surface area contributed by atoms with Gasteiger partial charge in [-0.3, -0.25) is 20.1 Å². The Hall–Kier alpha value is -6.05. The number of aliphatic imine (C=N–C) groups is 1. The second kappa shape index (κ2) is 37.7. The van der Waals surface area contributed by atoms with E-state index in [9.17, 15) is 17.6 Å². The van der Waals surface area contributed by atoms with E-state index in [0.717, 1.165) is 69.4 Å². The van der Waals surface area contributed by atoms with Crippen molar-refractivity contribution in [3.8, 4) is 0 Å². The van der Waals surface area contributed by atoms with Crippen LogP contribution in [0.4, 0.5) is 17.6 Å². The molecule has 1 saturated heterocycles. The molecule has 76 heavy (non-hydrogen) atoms. The molecule has 0 atom stereocenters. The predicted octanol–water partition coefficient (Wildman–Crippen LogP) is 16.5. The number of allylic oxidation sites excluding steroid dienone is 1. The van der Waals surface area contributed by atoms with Crippen molar-refractivity contribution in [1.82, 2.24) is 34.9 Å². The maximum Gasteiger partial charge on any atom is 0.147 e. The topological polar surface area (TPSA) is 86.2 Å². The summed E-state index contributed by atoms with van der Waals surface area (Å²) >= 11 is 11.3. The van der Waals surface area contributed by atoms with E-state index in [0.29, 0.717) is 15.6 Å². The van der Waals surface area contributed by atoms with E-state index in [-0.39, 0.29) is 11.6 Å². The first-order chi connectivity index (χ1) is 36.1. The molecule has 1 N–H and O–H groups in total. The number of rotatable bonds is 1. The van der Waals surface area contributed by atoms with E-state index in [1.54, 1.807) is 49.7 Å². The Morgan fingerprint density at radius 3 is 1.51 bits per heavy atom. The van der Waals surface area contributed by atoms with E-state index in [1.807, 2.05) is 104 Å². The van der Waals surface area contributed by atoms with Gasteiger partial charge in [-0.1, -0.05) is 116 Å². The molecule has 0 bridgehead atoms. The van der Waals surface area contributed by atoms with Crippen molar-refractivity contribution in [3.63, 3.8) is 0 Å². The minimum atomic E-state index is -0.530. The Kier molecular flexibility index (Phi) is 32.7. The smallest absolute Gasteiger partial charge is 0.147 e. The Bertz CT molecular complexity index is 2560. The highest BCUT2D eigenvalue weighted by molar-refractivity contribution is 6.42. The molecule has 8 nitrogen and oxygen atoms in total. The molecular weight excluding hydrogens is 1000 g/mol. The molecule has 2 fully saturated rings. The fraction of sp³-hybridized carbons (Fsp3) is 0.371. The summed E-state index contributed by atoms with van der Waals surface area (Å²) in [6.07, 6.45) is 15.6. The Morgan fingerprint density at radius 1 is 0.566 bits per heavy atom. The van der Waals surface area contributed by atoms with Crippen molar-refractivity contribution < 1.29 is 17.6 Å². The van der Waals surface area contributed by atoms with Gasteiger partial charge in [0.2, 0.25) is 0 Å². The number of likely N-dealkylation sites (N-methyl/N-ethyl adjacent to an activating group) is 2. The first kappa shape index (κ1) is 66.1. The summed E-state index contributed by atoms with van der Waals surface area (Å²) in [6, 6.07) is 30.2. The van der Waals surface area contributed by atoms with Crippen LogP contribution in [-0.4, -0.2) is 80.9 Å². The van der Waals surface area contributed by atoms with Gasteiger partial charge in [0.1, 0.15) is 34.9 Å². The van der Waals surface area contributed by atoms with E-state index >= 15 is 0 Å². The number of hydrogen-bond acceptors (Lipinski definition) is 7. The van der Waals surface area contributed by atoms with Crippen LogP contribution in [0.1, 0.15) is 102 Å². The molecule has 2 aliphatic heterocycles. The molecule has 3 aromatic heterocycles. The third kappa shape index (κ3) is 31.1. The average molecular weight is 1080 g/mol. The van der Waals surface area contributed by atoms with E-state index in [4.69, 9.17) is 23.2 Å². The Balaban J connectivity index is 0.000000295. The van der Waals surface area contributed by atoms with E-state index < -0.39 is 11.6 Å². The van der Waals surface area contributed by atoms with Crippen LogP contribution >= 0.6 is 23.2 Å². The third-order valence-electron chi connectivity index (χ3n) is 11.6. The number of piperazine rings is 1. The summed E-state index contributed by atoms with van der Waals surface area (Å²) in [4.78, 5) is 20.9. The predicted molar refractivity (Wildman–Crippen MR) is 311 cm³/mol. The number of H-pyrrole nitrogens is 1. The lowest BCUT2D eigenvalue weighted by Crippen LogP contribution is -2.42. The lowest BCUT2D eigenvalue weighted by molar-refractivity contribution is 0.181. The zero-order valence-corrected chi connectivity index (χ0v) is 48.3. The van der Waals surface area contributed by atoms with Gasteiger partial charge in [0.25, 0.3) is 0 Å². The highest BCUT2D eigenvalue weighted by Gasteiger charge is 2.10. The fourth-order valence-electron chi connectivity index (χ4n) is 6.80. The maximum atomic E-state index is 12.9. The van der Waals surface area contributed by atoms with Crippen molar-refractivity contribution in [2.24, 2.45) is 10.9 Å². The highest BCUT2D eigenvalue weighted by Crippen LogP contribution is 2.23. The van der Waals surface area contributed by atoms with Gasteiger partial charge in [0.05, 0.1) is 15.8 Å². The van der Waals surface area contributed by atoms with Crippen molar-refractivity contribution in [1.29, 1.82) is 0 Å². The standard InChI is InChI=1S/C11H10FN.C7H6Cl2.C7H6F2.C7H7F.C7H9N.C7H14.C6H14N2.C6H7N.C4H7N3/c1-8-4-5-9(12)7-10(8)11-3-2-6-13-11;1-5-2-3-6(8)7(9)4-5;1-5-2-3-6(8)4-7(5)9;1-6-2-4-7(8)5-3-6;1-6-3-4-7(2)8-5-6;1-7-5-3-2-4-6-7;1-7-3-5-8(2)6-4-7;1-6-4-2-3-5-7-6;1-3-5-4(2)7-6-3/h2,4-7H,3H2,1H3;2*2-4H,1H3;2-5H,1H3;3-5H,1-2H3;7H,2-6H2,1H3;3-6H2,1-2H3;2-5H,1H3;1-2H3,(H,5,6,7). The SMILES string of the molecule is CC1CCCCC1.CN1CCN(C)CC1.Cc1ccc(C)nc1.Cc1ccc(Cl)c(Cl)c1.Cc1ccc(F)cc1.Cc1ccc(F)cc1C1=NC=CC1.Cc1ccc(F)cc1F.Cc1ccccn1.Cc1n[nH]c(C)n1. The fourth-order valence-corrected chi connectivity index (χ4v) is 7.16. The quantitative estimate of drug-likeness (QED) is 0.165. The van der Waals surface area contributed by atoms with Crippen LogP contribution in [0.5, 0.6) is 0 Å². The molecule has 0 unspecified atom stereocenters. The molecule has 0 spiro atoms. The van der Waals surface area contributed by atoms with Crippen LogP contribution < -0.4 is 0 Å². The molecule has 4 aromatic carbocycles. The van der Waals surface area contributed by atoms with Crippen molar-refractivity contribution in [2.45, 2.75) is 108 Å². The monoisotopic (exact) mass is 1080 g/mol. The van der Waals surface area contributed by atoms with Crippen LogP contribution in [-0.2, 0) is 0 Å². The third-order valence-corrected chi connectivity index (χ3v) is 12.3. The summed E-state index contributed by atoms with van der Waals surface area (Å²) < 4.78 is 49.5. The number of pyridine rings is 2. The zero-order valence-electron chi connectivity index (χ0n) is 46.7. The minimum absolute atomic E-state index is 0.171. The molecule has 1 saturated carbocycles. The number of benzene rings is 4.